The van der Waals surface area contributed by atoms with Crippen LogP contribution in [0.25, 0.3) is 0 Å². The highest BCUT2D eigenvalue weighted by Gasteiger charge is 2.28. The van der Waals surface area contributed by atoms with E-state index in [4.69, 9.17) is 4.74 Å². The number of hydrogen-bond acceptors (Lipinski definition) is 5. The molecule has 0 radical (unpaired) electrons. The SMILES string of the molecule is COc1ccc(S(=O)(=O)N2CCN(CCc3cccc(C)n3)CC2)cc1. The third kappa shape index (κ3) is 4.41. The van der Waals surface area contributed by atoms with Gasteiger partial charge in [-0.2, -0.15) is 4.31 Å². The summed E-state index contributed by atoms with van der Waals surface area (Å²) >= 11 is 0. The van der Waals surface area contributed by atoms with E-state index in [-0.39, 0.29) is 0 Å². The monoisotopic (exact) mass is 375 g/mol. The number of rotatable bonds is 6. The summed E-state index contributed by atoms with van der Waals surface area (Å²) in [5, 5.41) is 0. The molecule has 0 bridgehead atoms. The Balaban J connectivity index is 1.55. The summed E-state index contributed by atoms with van der Waals surface area (Å²) < 4.78 is 32.2. The first kappa shape index (κ1) is 18.8. The van der Waals surface area contributed by atoms with Gasteiger partial charge in [-0.25, -0.2) is 8.42 Å². The molecule has 1 saturated heterocycles. The molecule has 1 aliphatic heterocycles. The highest BCUT2D eigenvalue weighted by Crippen LogP contribution is 2.20. The quantitative estimate of drug-likeness (QED) is 0.772. The summed E-state index contributed by atoms with van der Waals surface area (Å²) in [6, 6.07) is 12.6. The molecule has 0 aliphatic carbocycles. The summed E-state index contributed by atoms with van der Waals surface area (Å²) in [6.45, 7) is 5.38. The van der Waals surface area contributed by atoms with E-state index in [0.29, 0.717) is 23.7 Å². The molecule has 1 fully saturated rings. The third-order valence-electron chi connectivity index (χ3n) is 4.66. The number of pyridine rings is 1. The molecule has 7 heteroatoms. The average Bonchev–Trinajstić information content (AvgIpc) is 2.67. The molecule has 1 aliphatic rings. The second kappa shape index (κ2) is 8.16. The molecule has 1 aromatic carbocycles. The predicted octanol–water partition coefficient (Wildman–Crippen LogP) is 1.95. The van der Waals surface area contributed by atoms with Crippen molar-refractivity contribution in [3.63, 3.8) is 0 Å². The van der Waals surface area contributed by atoms with Crippen molar-refractivity contribution in [1.29, 1.82) is 0 Å². The van der Waals surface area contributed by atoms with Crippen LogP contribution in [0.15, 0.2) is 47.4 Å². The normalized spacial score (nSPS) is 16.5. The summed E-state index contributed by atoms with van der Waals surface area (Å²) in [5.74, 6) is 0.651. The lowest BCUT2D eigenvalue weighted by Crippen LogP contribution is -2.49. The molecule has 2 aromatic rings. The van der Waals surface area contributed by atoms with Crippen LogP contribution in [0.1, 0.15) is 11.4 Å². The smallest absolute Gasteiger partial charge is 0.243 e. The van der Waals surface area contributed by atoms with Gasteiger partial charge in [0.1, 0.15) is 5.75 Å². The van der Waals surface area contributed by atoms with E-state index in [1.165, 1.54) is 0 Å². The Labute approximate surface area is 155 Å². The number of hydrogen-bond donors (Lipinski definition) is 0. The molecule has 0 unspecified atom stereocenters. The Bertz CT molecular complexity index is 829. The average molecular weight is 375 g/mol. The van der Waals surface area contributed by atoms with Crippen LogP contribution in [-0.2, 0) is 16.4 Å². The van der Waals surface area contributed by atoms with Gasteiger partial charge < -0.3 is 9.64 Å². The molecule has 6 nitrogen and oxygen atoms in total. The van der Waals surface area contributed by atoms with Crippen molar-refractivity contribution in [3.8, 4) is 5.75 Å². The minimum Gasteiger partial charge on any atom is -0.497 e. The molecule has 1 aromatic heterocycles. The van der Waals surface area contributed by atoms with Crippen molar-refractivity contribution in [2.24, 2.45) is 0 Å². The number of methoxy groups -OCH3 is 1. The maximum Gasteiger partial charge on any atom is 0.243 e. The topological polar surface area (TPSA) is 62.7 Å². The van der Waals surface area contributed by atoms with Gasteiger partial charge in [-0.05, 0) is 43.3 Å². The van der Waals surface area contributed by atoms with Crippen LogP contribution in [-0.4, -0.2) is 62.4 Å². The molecular formula is C19H25N3O3S. The fraction of sp³-hybridized carbons (Fsp3) is 0.421. The number of nitrogens with zero attached hydrogens (tertiary/aromatic N) is 3. The van der Waals surface area contributed by atoms with E-state index >= 15 is 0 Å². The minimum absolute atomic E-state index is 0.315. The van der Waals surface area contributed by atoms with Crippen LogP contribution in [0, 0.1) is 6.92 Å². The summed E-state index contributed by atoms with van der Waals surface area (Å²) in [5.41, 5.74) is 2.11. The zero-order valence-corrected chi connectivity index (χ0v) is 16.1. The Morgan fingerprint density at radius 1 is 1.04 bits per heavy atom. The summed E-state index contributed by atoms with van der Waals surface area (Å²) in [6.07, 6.45) is 0.882. The van der Waals surface area contributed by atoms with E-state index < -0.39 is 10.0 Å². The molecule has 140 valence electrons. The van der Waals surface area contributed by atoms with Crippen LogP contribution in [0.2, 0.25) is 0 Å². The minimum atomic E-state index is -3.44. The fourth-order valence-corrected chi connectivity index (χ4v) is 4.52. The molecule has 3 rings (SSSR count). The van der Waals surface area contributed by atoms with E-state index in [9.17, 15) is 8.42 Å². The third-order valence-corrected chi connectivity index (χ3v) is 6.57. The van der Waals surface area contributed by atoms with Crippen LogP contribution in [0.3, 0.4) is 0 Å². The lowest BCUT2D eigenvalue weighted by molar-refractivity contribution is 0.190. The number of aromatic nitrogens is 1. The molecule has 0 spiro atoms. The van der Waals surface area contributed by atoms with Crippen LogP contribution < -0.4 is 4.74 Å². The molecule has 0 amide bonds. The lowest BCUT2D eigenvalue weighted by Gasteiger charge is -2.33. The van der Waals surface area contributed by atoms with Gasteiger partial charge in [-0.3, -0.25) is 4.98 Å². The van der Waals surface area contributed by atoms with E-state index in [1.54, 1.807) is 35.7 Å². The van der Waals surface area contributed by atoms with E-state index in [1.807, 2.05) is 25.1 Å². The largest absolute Gasteiger partial charge is 0.497 e. The van der Waals surface area contributed by atoms with Gasteiger partial charge in [0, 0.05) is 50.5 Å². The highest BCUT2D eigenvalue weighted by molar-refractivity contribution is 7.89. The van der Waals surface area contributed by atoms with Crippen molar-refractivity contribution in [3.05, 3.63) is 53.9 Å². The molecule has 0 atom stereocenters. The molecule has 2 heterocycles. The number of ether oxygens (including phenoxy) is 1. The van der Waals surface area contributed by atoms with Crippen molar-refractivity contribution >= 4 is 10.0 Å². The zero-order chi connectivity index (χ0) is 18.6. The first-order valence-corrected chi connectivity index (χ1v) is 10.2. The number of sulfonamides is 1. The van der Waals surface area contributed by atoms with Crippen LogP contribution >= 0.6 is 0 Å². The Hall–Kier alpha value is -1.96. The number of benzene rings is 1. The highest BCUT2D eigenvalue weighted by atomic mass is 32.2. The van der Waals surface area contributed by atoms with Gasteiger partial charge in [-0.15, -0.1) is 0 Å². The van der Waals surface area contributed by atoms with Gasteiger partial charge in [0.15, 0.2) is 0 Å². The summed E-state index contributed by atoms with van der Waals surface area (Å²) in [7, 11) is -1.88. The van der Waals surface area contributed by atoms with Gasteiger partial charge >= 0.3 is 0 Å². The Kier molecular flexibility index (Phi) is 5.90. The molecule has 0 saturated carbocycles. The van der Waals surface area contributed by atoms with Crippen molar-refractivity contribution in [1.82, 2.24) is 14.2 Å². The predicted molar refractivity (Wildman–Crippen MR) is 101 cm³/mol. The Morgan fingerprint density at radius 2 is 1.73 bits per heavy atom. The van der Waals surface area contributed by atoms with Crippen LogP contribution in [0.4, 0.5) is 0 Å². The van der Waals surface area contributed by atoms with Crippen LogP contribution in [0.5, 0.6) is 5.75 Å². The molecule has 0 N–H and O–H groups in total. The maximum atomic E-state index is 12.8. The van der Waals surface area contributed by atoms with Crippen molar-refractivity contribution in [2.75, 3.05) is 39.8 Å². The van der Waals surface area contributed by atoms with Crippen molar-refractivity contribution < 1.29 is 13.2 Å². The van der Waals surface area contributed by atoms with Gasteiger partial charge in [0.2, 0.25) is 10.0 Å². The molecular weight excluding hydrogens is 350 g/mol. The standard InChI is InChI=1S/C19H25N3O3S/c1-16-4-3-5-17(20-16)10-11-21-12-14-22(15-13-21)26(23,24)19-8-6-18(25-2)7-9-19/h3-9H,10-15H2,1-2H3. The van der Waals surface area contributed by atoms with E-state index in [2.05, 4.69) is 9.88 Å². The number of aryl methyl sites for hydroxylation is 1. The summed E-state index contributed by atoms with van der Waals surface area (Å²) in [4.78, 5) is 7.13. The Morgan fingerprint density at radius 3 is 2.35 bits per heavy atom. The molecule has 26 heavy (non-hydrogen) atoms. The van der Waals surface area contributed by atoms with E-state index in [0.717, 1.165) is 37.4 Å². The van der Waals surface area contributed by atoms with Crippen molar-refractivity contribution in [2.45, 2.75) is 18.2 Å². The van der Waals surface area contributed by atoms with Gasteiger partial charge in [0.25, 0.3) is 0 Å². The zero-order valence-electron chi connectivity index (χ0n) is 15.3. The number of piperazine rings is 1. The lowest BCUT2D eigenvalue weighted by atomic mass is 10.2. The first-order valence-electron chi connectivity index (χ1n) is 8.78. The first-order chi connectivity index (χ1) is 12.5. The fourth-order valence-electron chi connectivity index (χ4n) is 3.10. The second-order valence-corrected chi connectivity index (χ2v) is 8.38. The van der Waals surface area contributed by atoms with Gasteiger partial charge in [-0.1, -0.05) is 6.07 Å². The second-order valence-electron chi connectivity index (χ2n) is 6.44. The van der Waals surface area contributed by atoms with Gasteiger partial charge in [0.05, 0.1) is 12.0 Å². The maximum absolute atomic E-state index is 12.8.